The predicted octanol–water partition coefficient (Wildman–Crippen LogP) is 0.882. The molecule has 0 radical (unpaired) electrons. The molecule has 130 valence electrons. The Kier molecular flexibility index (Phi) is 5.72. The number of hydrogen-bond donors (Lipinski definition) is 0. The number of ether oxygens (including phenoxy) is 2. The lowest BCUT2D eigenvalue weighted by atomic mass is 10.2. The summed E-state index contributed by atoms with van der Waals surface area (Å²) in [5.41, 5.74) is 0.580. The van der Waals surface area contributed by atoms with Gasteiger partial charge in [-0.05, 0) is 42.5 Å². The molecule has 1 saturated heterocycles. The summed E-state index contributed by atoms with van der Waals surface area (Å²) in [5, 5.41) is 10.3. The van der Waals surface area contributed by atoms with Gasteiger partial charge < -0.3 is 19.4 Å². The third-order valence-electron chi connectivity index (χ3n) is 3.24. The summed E-state index contributed by atoms with van der Waals surface area (Å²) in [6, 6.07) is 4.68. The number of imide groups is 1. The summed E-state index contributed by atoms with van der Waals surface area (Å²) >= 11 is 0.794. The average Bonchev–Trinajstić information content (AvgIpc) is 2.83. The van der Waals surface area contributed by atoms with Gasteiger partial charge in [0.05, 0.1) is 24.5 Å². The molecule has 1 aromatic carbocycles. The molecule has 1 heterocycles. The summed E-state index contributed by atoms with van der Waals surface area (Å²) in [6.45, 7) is 1.25. The van der Waals surface area contributed by atoms with Crippen molar-refractivity contribution < 1.29 is 29.0 Å². The highest BCUT2D eigenvalue weighted by atomic mass is 32.2. The van der Waals surface area contributed by atoms with Crippen LogP contribution in [0.3, 0.4) is 0 Å². The lowest BCUT2D eigenvalue weighted by Gasteiger charge is -2.17. The first-order valence-electron chi connectivity index (χ1n) is 7.11. The summed E-state index contributed by atoms with van der Waals surface area (Å²) in [5.74, 6) is 0.950. The normalized spacial score (nSPS) is 16.7. The Morgan fingerprint density at radius 2 is 2.16 bits per heavy atom. The third kappa shape index (κ3) is 4.14. The molecule has 1 aliphatic heterocycles. The molecule has 0 aromatic heterocycles. The number of benzene rings is 1. The van der Waals surface area contributed by atoms with Crippen LogP contribution in [0.5, 0.6) is 11.5 Å². The molecule has 7 nitrogen and oxygen atoms in total. The minimum atomic E-state index is -1.35. The fourth-order valence-corrected chi connectivity index (χ4v) is 2.83. The zero-order valence-corrected chi connectivity index (χ0v) is 14.3. The van der Waals surface area contributed by atoms with E-state index in [1.807, 2.05) is 0 Å². The van der Waals surface area contributed by atoms with E-state index < -0.39 is 23.2 Å². The topological polar surface area (TPSA) is 96.0 Å². The maximum atomic E-state index is 12.1. The first-order chi connectivity index (χ1) is 11.9. The fourth-order valence-electron chi connectivity index (χ4n) is 1.99. The number of carboxylic acid groups (broad SMARTS) is 1. The fraction of sp³-hybridized carbons (Fsp3) is 0.235. The minimum absolute atomic E-state index is 0.0841. The highest BCUT2D eigenvalue weighted by Crippen LogP contribution is 2.34. The number of carbonyl (C=O) groups is 3. The summed E-state index contributed by atoms with van der Waals surface area (Å²) in [7, 11) is 1.40. The van der Waals surface area contributed by atoms with Crippen molar-refractivity contribution in [2.45, 2.75) is 13.0 Å². The van der Waals surface area contributed by atoms with Crippen LogP contribution in [0.2, 0.25) is 0 Å². The molecule has 25 heavy (non-hydrogen) atoms. The highest BCUT2D eigenvalue weighted by Gasteiger charge is 2.34. The van der Waals surface area contributed by atoms with Crippen molar-refractivity contribution in [2.75, 3.05) is 13.7 Å². The van der Waals surface area contributed by atoms with Crippen LogP contribution in [-0.2, 0) is 9.59 Å². The van der Waals surface area contributed by atoms with Gasteiger partial charge in [-0.2, -0.15) is 0 Å². The largest absolute Gasteiger partial charge is 0.546 e. The lowest BCUT2D eigenvalue weighted by Crippen LogP contribution is -2.37. The molecule has 1 atom stereocenters. The van der Waals surface area contributed by atoms with E-state index in [0.717, 1.165) is 16.7 Å². The quantitative estimate of drug-likeness (QED) is 0.549. The number of nitrogens with zero attached hydrogens (tertiary/aromatic N) is 1. The van der Waals surface area contributed by atoms with Crippen molar-refractivity contribution in [3.8, 4) is 23.8 Å². The van der Waals surface area contributed by atoms with E-state index in [1.54, 1.807) is 12.1 Å². The number of hydrogen-bond acceptors (Lipinski definition) is 7. The molecule has 0 bridgehead atoms. The Morgan fingerprint density at radius 1 is 1.44 bits per heavy atom. The summed E-state index contributed by atoms with van der Waals surface area (Å²) in [4.78, 5) is 35.9. The monoisotopic (exact) mass is 360 g/mol. The van der Waals surface area contributed by atoms with Crippen molar-refractivity contribution in [1.29, 1.82) is 0 Å². The maximum Gasteiger partial charge on any atom is 0.294 e. The minimum Gasteiger partial charge on any atom is -0.546 e. The van der Waals surface area contributed by atoms with Gasteiger partial charge >= 0.3 is 0 Å². The second kappa shape index (κ2) is 7.77. The van der Waals surface area contributed by atoms with E-state index in [-0.39, 0.29) is 22.9 Å². The van der Waals surface area contributed by atoms with E-state index in [9.17, 15) is 19.5 Å². The molecule has 2 rings (SSSR count). The molecule has 2 amide bonds. The molecule has 0 saturated carbocycles. The average molecular weight is 360 g/mol. The van der Waals surface area contributed by atoms with Gasteiger partial charge in [-0.15, -0.1) is 6.42 Å². The predicted molar refractivity (Wildman–Crippen MR) is 89.6 cm³/mol. The first kappa shape index (κ1) is 18.4. The van der Waals surface area contributed by atoms with E-state index in [0.29, 0.717) is 5.56 Å². The number of amides is 2. The zero-order valence-electron chi connectivity index (χ0n) is 13.5. The van der Waals surface area contributed by atoms with E-state index in [2.05, 4.69) is 5.92 Å². The van der Waals surface area contributed by atoms with E-state index in [1.165, 1.54) is 26.2 Å². The number of terminal acetylenes is 1. The van der Waals surface area contributed by atoms with Crippen molar-refractivity contribution in [3.05, 3.63) is 28.7 Å². The molecule has 1 unspecified atom stereocenters. The molecule has 0 aliphatic carbocycles. The van der Waals surface area contributed by atoms with Gasteiger partial charge in [-0.25, -0.2) is 0 Å². The van der Waals surface area contributed by atoms with Crippen molar-refractivity contribution in [3.63, 3.8) is 0 Å². The Hall–Kier alpha value is -2.92. The van der Waals surface area contributed by atoms with Gasteiger partial charge in [0, 0.05) is 0 Å². The SMILES string of the molecule is C#CCN1C(=O)SC(=Cc2ccc(OC(C)C(=O)[O-])c(OC)c2)C1=O. The van der Waals surface area contributed by atoms with Crippen molar-refractivity contribution in [1.82, 2.24) is 4.90 Å². The van der Waals surface area contributed by atoms with Crippen LogP contribution < -0.4 is 14.6 Å². The Labute approximate surface area is 148 Å². The molecule has 1 aliphatic rings. The molecule has 1 fully saturated rings. The molecule has 1 aromatic rings. The van der Waals surface area contributed by atoms with Gasteiger partial charge in [-0.3, -0.25) is 14.5 Å². The van der Waals surface area contributed by atoms with Gasteiger partial charge in [0.1, 0.15) is 6.10 Å². The van der Waals surface area contributed by atoms with Gasteiger partial charge in [0.2, 0.25) is 0 Å². The standard InChI is InChI=1S/C17H15NO6S/c1-4-7-18-15(19)14(25-17(18)22)9-11-5-6-12(13(8-11)23-3)24-10(2)16(20)21/h1,5-6,8-10H,7H2,2-3H3,(H,20,21)/p-1. The Bertz CT molecular complexity index is 795. The number of carbonyl (C=O) groups excluding carboxylic acids is 3. The van der Waals surface area contributed by atoms with Gasteiger partial charge in [0.25, 0.3) is 11.1 Å². The number of thioether (sulfide) groups is 1. The van der Waals surface area contributed by atoms with Crippen LogP contribution in [0.4, 0.5) is 4.79 Å². The van der Waals surface area contributed by atoms with E-state index >= 15 is 0 Å². The lowest BCUT2D eigenvalue weighted by molar-refractivity contribution is -0.312. The maximum absolute atomic E-state index is 12.1. The van der Waals surface area contributed by atoms with Crippen LogP contribution in [0.25, 0.3) is 6.08 Å². The van der Waals surface area contributed by atoms with Crippen LogP contribution in [-0.4, -0.2) is 41.8 Å². The zero-order chi connectivity index (χ0) is 18.6. The third-order valence-corrected chi connectivity index (χ3v) is 4.15. The Morgan fingerprint density at radius 3 is 2.76 bits per heavy atom. The Balaban J connectivity index is 2.27. The van der Waals surface area contributed by atoms with Crippen LogP contribution in [0, 0.1) is 12.3 Å². The molecule has 0 N–H and O–H groups in total. The van der Waals surface area contributed by atoms with Crippen LogP contribution in [0.15, 0.2) is 23.1 Å². The summed E-state index contributed by atoms with van der Waals surface area (Å²) in [6.07, 6.45) is 5.52. The first-order valence-corrected chi connectivity index (χ1v) is 7.93. The molecule has 8 heteroatoms. The number of aliphatic carboxylic acids is 1. The van der Waals surface area contributed by atoms with Crippen LogP contribution in [0.1, 0.15) is 12.5 Å². The molecular formula is C17H14NO6S-. The molecular weight excluding hydrogens is 346 g/mol. The second-order valence-corrected chi connectivity index (χ2v) is 5.95. The number of carboxylic acids is 1. The summed E-state index contributed by atoms with van der Waals surface area (Å²) < 4.78 is 10.4. The van der Waals surface area contributed by atoms with Crippen molar-refractivity contribution >= 4 is 35.0 Å². The molecule has 0 spiro atoms. The van der Waals surface area contributed by atoms with E-state index in [4.69, 9.17) is 15.9 Å². The number of methoxy groups -OCH3 is 1. The van der Waals surface area contributed by atoms with Crippen LogP contribution >= 0.6 is 11.8 Å². The second-order valence-electron chi connectivity index (χ2n) is 4.96. The van der Waals surface area contributed by atoms with Crippen molar-refractivity contribution in [2.24, 2.45) is 0 Å². The van der Waals surface area contributed by atoms with Gasteiger partial charge in [0.15, 0.2) is 11.5 Å². The van der Waals surface area contributed by atoms with Gasteiger partial charge in [-0.1, -0.05) is 12.0 Å². The highest BCUT2D eigenvalue weighted by molar-refractivity contribution is 8.18. The smallest absolute Gasteiger partial charge is 0.294 e. The number of rotatable bonds is 6.